The Labute approximate surface area is 235 Å². The number of allylic oxidation sites excluding steroid dienone is 1. The summed E-state index contributed by atoms with van der Waals surface area (Å²) in [6.07, 6.45) is 13.9. The maximum Gasteiger partial charge on any atom is 0.0242 e. The fraction of sp³-hybridized carbons (Fsp3) is 0.282. The first-order valence-electron chi connectivity index (χ1n) is 14.5. The van der Waals surface area contributed by atoms with Gasteiger partial charge in [-0.3, -0.25) is 0 Å². The summed E-state index contributed by atoms with van der Waals surface area (Å²) in [6, 6.07) is 37.6. The predicted molar refractivity (Wildman–Crippen MR) is 167 cm³/mol. The van der Waals surface area contributed by atoms with Crippen LogP contribution in [0.1, 0.15) is 65.8 Å². The Morgan fingerprint density at radius 2 is 1.51 bits per heavy atom. The Morgan fingerprint density at radius 3 is 2.18 bits per heavy atom. The van der Waals surface area contributed by atoms with Crippen LogP contribution >= 0.6 is 0 Å². The quantitative estimate of drug-likeness (QED) is 0.156. The molecule has 0 bridgehead atoms. The van der Waals surface area contributed by atoms with Crippen LogP contribution in [0.2, 0.25) is 0 Å². The molecule has 4 aromatic rings. The summed E-state index contributed by atoms with van der Waals surface area (Å²) in [7, 11) is 0. The Balaban J connectivity index is 1.30. The van der Waals surface area contributed by atoms with Gasteiger partial charge in [0.1, 0.15) is 0 Å². The number of aryl methyl sites for hydroxylation is 2. The number of rotatable bonds is 9. The molecule has 5 rings (SSSR count). The molecule has 0 heterocycles. The van der Waals surface area contributed by atoms with Gasteiger partial charge in [-0.1, -0.05) is 115 Å². The highest BCUT2D eigenvalue weighted by molar-refractivity contribution is 5.64. The zero-order chi connectivity index (χ0) is 27.0. The van der Waals surface area contributed by atoms with Gasteiger partial charge in [0.25, 0.3) is 0 Å². The third kappa shape index (κ3) is 6.99. The van der Waals surface area contributed by atoms with Gasteiger partial charge in [0, 0.05) is 11.5 Å². The number of terminal acetylenes is 1. The van der Waals surface area contributed by atoms with Gasteiger partial charge < -0.3 is 0 Å². The van der Waals surface area contributed by atoms with Crippen molar-refractivity contribution in [3.8, 4) is 23.5 Å². The zero-order valence-electron chi connectivity index (χ0n) is 23.3. The average Bonchev–Trinajstić information content (AvgIpc) is 2.98. The van der Waals surface area contributed by atoms with E-state index in [9.17, 15) is 0 Å². The fourth-order valence-corrected chi connectivity index (χ4v) is 6.45. The van der Waals surface area contributed by atoms with Gasteiger partial charge in [0.05, 0.1) is 0 Å². The van der Waals surface area contributed by atoms with E-state index in [0.717, 1.165) is 30.7 Å². The molecule has 1 atom stereocenters. The predicted octanol–water partition coefficient (Wildman–Crippen LogP) is 9.97. The standard InChI is InChI=1S/C39H40/c1-4-31-15-17-33(18-16-31)28-34-19-21-36(22-20-34)39(30(3)13-14-32-10-6-5-7-11-32)37-25-23-35(24-26-37)38-12-8-9-29(2)27-38/h1,5-12,15-18,23-27,34,36,39H,3,13-14,19-22,28H2,2H3. The SMILES string of the molecule is C#Cc1ccc(CC2CCC(C(C(=C)CCc3ccccc3)c3ccc(-c4cccc(C)c4)cc3)CC2)cc1. The summed E-state index contributed by atoms with van der Waals surface area (Å²) in [5.74, 6) is 4.54. The molecule has 1 unspecified atom stereocenters. The normalized spacial score (nSPS) is 17.7. The zero-order valence-corrected chi connectivity index (χ0v) is 23.3. The largest absolute Gasteiger partial charge is 0.115 e. The van der Waals surface area contributed by atoms with Gasteiger partial charge in [-0.2, -0.15) is 0 Å². The van der Waals surface area contributed by atoms with E-state index in [1.807, 2.05) is 0 Å². The second-order valence-electron chi connectivity index (χ2n) is 11.4. The van der Waals surface area contributed by atoms with Gasteiger partial charge in [-0.25, -0.2) is 0 Å². The van der Waals surface area contributed by atoms with Crippen LogP contribution in [0.5, 0.6) is 0 Å². The molecule has 0 saturated heterocycles. The van der Waals surface area contributed by atoms with Crippen molar-refractivity contribution < 1.29 is 0 Å². The van der Waals surface area contributed by atoms with E-state index >= 15 is 0 Å². The lowest BCUT2D eigenvalue weighted by Gasteiger charge is -2.35. The summed E-state index contributed by atoms with van der Waals surface area (Å²) in [4.78, 5) is 0. The van der Waals surface area contributed by atoms with Crippen LogP contribution in [0.4, 0.5) is 0 Å². The lowest BCUT2D eigenvalue weighted by molar-refractivity contribution is 0.252. The van der Waals surface area contributed by atoms with E-state index in [1.54, 1.807) is 0 Å². The number of benzene rings is 4. The van der Waals surface area contributed by atoms with E-state index in [0.29, 0.717) is 11.8 Å². The van der Waals surface area contributed by atoms with Crippen molar-refractivity contribution in [3.63, 3.8) is 0 Å². The second kappa shape index (κ2) is 12.8. The molecule has 0 heteroatoms. The highest BCUT2D eigenvalue weighted by Gasteiger charge is 2.30. The van der Waals surface area contributed by atoms with Crippen molar-refractivity contribution in [1.82, 2.24) is 0 Å². The van der Waals surface area contributed by atoms with Crippen LogP contribution in [-0.2, 0) is 12.8 Å². The van der Waals surface area contributed by atoms with Crippen molar-refractivity contribution in [1.29, 1.82) is 0 Å². The molecule has 0 aliphatic heterocycles. The van der Waals surface area contributed by atoms with Gasteiger partial charge in [0.2, 0.25) is 0 Å². The first-order chi connectivity index (χ1) is 19.1. The molecule has 1 aliphatic rings. The van der Waals surface area contributed by atoms with E-state index < -0.39 is 0 Å². The fourth-order valence-electron chi connectivity index (χ4n) is 6.45. The summed E-state index contributed by atoms with van der Waals surface area (Å²) < 4.78 is 0. The Hall–Kier alpha value is -3.82. The molecule has 0 radical (unpaired) electrons. The van der Waals surface area contributed by atoms with Crippen molar-refractivity contribution in [2.45, 2.75) is 57.8 Å². The number of hydrogen-bond acceptors (Lipinski definition) is 0. The molecule has 1 aliphatic carbocycles. The highest BCUT2D eigenvalue weighted by atomic mass is 14.3. The molecule has 4 aromatic carbocycles. The van der Waals surface area contributed by atoms with Crippen molar-refractivity contribution in [3.05, 3.63) is 143 Å². The van der Waals surface area contributed by atoms with Gasteiger partial charge in [0.15, 0.2) is 0 Å². The molecule has 196 valence electrons. The molecular formula is C39H40. The van der Waals surface area contributed by atoms with Crippen LogP contribution < -0.4 is 0 Å². The van der Waals surface area contributed by atoms with Crippen LogP contribution in [0, 0.1) is 31.1 Å². The first kappa shape index (κ1) is 26.8. The van der Waals surface area contributed by atoms with Gasteiger partial charge >= 0.3 is 0 Å². The minimum absolute atomic E-state index is 0.413. The van der Waals surface area contributed by atoms with Crippen LogP contribution in [0.3, 0.4) is 0 Å². The van der Waals surface area contributed by atoms with E-state index in [-0.39, 0.29) is 0 Å². The third-order valence-corrected chi connectivity index (χ3v) is 8.65. The van der Waals surface area contributed by atoms with Crippen LogP contribution in [0.25, 0.3) is 11.1 Å². The Bertz CT molecular complexity index is 1390. The average molecular weight is 509 g/mol. The smallest absolute Gasteiger partial charge is 0.0242 e. The summed E-state index contributed by atoms with van der Waals surface area (Å²) in [5, 5.41) is 0. The van der Waals surface area contributed by atoms with E-state index in [2.05, 4.69) is 116 Å². The highest BCUT2D eigenvalue weighted by Crippen LogP contribution is 2.44. The molecular weight excluding hydrogens is 468 g/mol. The topological polar surface area (TPSA) is 0 Å². The lowest BCUT2D eigenvalue weighted by Crippen LogP contribution is -2.23. The van der Waals surface area contributed by atoms with Crippen molar-refractivity contribution in [2.75, 3.05) is 0 Å². The molecule has 0 aromatic heterocycles. The molecule has 39 heavy (non-hydrogen) atoms. The first-order valence-corrected chi connectivity index (χ1v) is 14.5. The lowest BCUT2D eigenvalue weighted by atomic mass is 9.69. The third-order valence-electron chi connectivity index (χ3n) is 8.65. The second-order valence-corrected chi connectivity index (χ2v) is 11.4. The summed E-state index contributed by atoms with van der Waals surface area (Å²) >= 11 is 0. The van der Waals surface area contributed by atoms with Gasteiger partial charge in [-0.05, 0) is 104 Å². The maximum atomic E-state index is 5.54. The molecule has 0 amide bonds. The van der Waals surface area contributed by atoms with Gasteiger partial charge in [-0.15, -0.1) is 6.42 Å². The molecule has 0 nitrogen and oxygen atoms in total. The molecule has 0 spiro atoms. The summed E-state index contributed by atoms with van der Waals surface area (Å²) in [6.45, 7) is 6.86. The number of hydrogen-bond donors (Lipinski definition) is 0. The van der Waals surface area contributed by atoms with Crippen molar-refractivity contribution in [2.24, 2.45) is 11.8 Å². The monoisotopic (exact) mass is 508 g/mol. The molecule has 1 fully saturated rings. The van der Waals surface area contributed by atoms with Crippen LogP contribution in [0.15, 0.2) is 115 Å². The molecule has 1 saturated carbocycles. The van der Waals surface area contributed by atoms with Crippen LogP contribution in [-0.4, -0.2) is 0 Å². The minimum atomic E-state index is 0.413. The maximum absolute atomic E-state index is 5.54. The Kier molecular flexibility index (Phi) is 8.80. The Morgan fingerprint density at radius 1 is 0.795 bits per heavy atom. The minimum Gasteiger partial charge on any atom is -0.115 e. The summed E-state index contributed by atoms with van der Waals surface area (Å²) in [5.41, 5.74) is 10.5. The molecule has 0 N–H and O–H groups in total. The van der Waals surface area contributed by atoms with E-state index in [1.165, 1.54) is 64.6 Å². The van der Waals surface area contributed by atoms with Crippen molar-refractivity contribution >= 4 is 0 Å². The van der Waals surface area contributed by atoms with E-state index in [4.69, 9.17) is 13.0 Å².